The molecule has 11 heteroatoms. The highest BCUT2D eigenvalue weighted by Crippen LogP contribution is 2.37. The minimum absolute atomic E-state index is 0.00840. The van der Waals surface area contributed by atoms with Gasteiger partial charge in [0.2, 0.25) is 10.0 Å². The van der Waals surface area contributed by atoms with E-state index in [-0.39, 0.29) is 32.9 Å². The number of pyridine rings is 2. The molecule has 0 aliphatic carbocycles. The van der Waals surface area contributed by atoms with Crippen LogP contribution in [0.3, 0.4) is 0 Å². The number of para-hydroxylation sites is 1. The summed E-state index contributed by atoms with van der Waals surface area (Å²) in [7, 11) is -3.86. The quantitative estimate of drug-likeness (QED) is 0.423. The molecule has 0 fully saturated rings. The Balaban J connectivity index is 1.97. The van der Waals surface area contributed by atoms with E-state index in [1.165, 1.54) is 16.7 Å². The van der Waals surface area contributed by atoms with Crippen LogP contribution in [0.1, 0.15) is 31.9 Å². The number of halogens is 3. The molecule has 0 spiro atoms. The first-order valence-electron chi connectivity index (χ1n) is 10.4. The number of nitrogens with zero attached hydrogens (tertiary/aromatic N) is 4. The number of nitriles is 1. The molecule has 0 saturated heterocycles. The van der Waals surface area contributed by atoms with Crippen molar-refractivity contribution in [3.63, 3.8) is 0 Å². The molecule has 4 rings (SSSR count). The van der Waals surface area contributed by atoms with Crippen LogP contribution in [0, 0.1) is 11.3 Å². The Bertz CT molecular complexity index is 1550. The Kier molecular flexibility index (Phi) is 5.91. The van der Waals surface area contributed by atoms with E-state index in [0.29, 0.717) is 11.9 Å². The van der Waals surface area contributed by atoms with Crippen LogP contribution in [0.25, 0.3) is 28.1 Å². The fourth-order valence-electron chi connectivity index (χ4n) is 3.65. The number of nitrogens with one attached hydrogen (secondary N) is 1. The van der Waals surface area contributed by atoms with Crippen LogP contribution in [0.5, 0.6) is 0 Å². The first-order valence-corrected chi connectivity index (χ1v) is 11.9. The van der Waals surface area contributed by atoms with E-state index >= 15 is 0 Å². The minimum atomic E-state index is -4.64. The summed E-state index contributed by atoms with van der Waals surface area (Å²) in [6, 6.07) is 14.3. The third-order valence-corrected chi connectivity index (χ3v) is 6.73. The third kappa shape index (κ3) is 4.76. The summed E-state index contributed by atoms with van der Waals surface area (Å²) in [5.74, 6) is 0. The van der Waals surface area contributed by atoms with Gasteiger partial charge in [0.05, 0.1) is 22.5 Å². The molecule has 0 aliphatic rings. The van der Waals surface area contributed by atoms with Gasteiger partial charge in [-0.15, -0.1) is 0 Å². The lowest BCUT2D eigenvalue weighted by Crippen LogP contribution is -2.40. The average molecular weight is 500 g/mol. The van der Waals surface area contributed by atoms with Gasteiger partial charge < -0.3 is 0 Å². The third-order valence-electron chi connectivity index (χ3n) is 4.99. The highest BCUT2D eigenvalue weighted by molar-refractivity contribution is 7.89. The van der Waals surface area contributed by atoms with Gasteiger partial charge in [0.15, 0.2) is 0 Å². The summed E-state index contributed by atoms with van der Waals surface area (Å²) in [6.45, 7) is 5.10. The number of sulfonamides is 1. The van der Waals surface area contributed by atoms with E-state index in [1.54, 1.807) is 51.1 Å². The Morgan fingerprint density at radius 3 is 2.23 bits per heavy atom. The summed E-state index contributed by atoms with van der Waals surface area (Å²) in [4.78, 5) is 8.21. The van der Waals surface area contributed by atoms with E-state index in [0.717, 1.165) is 12.3 Å². The molecule has 0 saturated carbocycles. The summed E-state index contributed by atoms with van der Waals surface area (Å²) < 4.78 is 69.5. The van der Waals surface area contributed by atoms with Gasteiger partial charge in [-0.05, 0) is 51.1 Å². The number of hydrogen-bond donors (Lipinski definition) is 1. The van der Waals surface area contributed by atoms with Crippen LogP contribution in [0.15, 0.2) is 65.8 Å². The zero-order valence-corrected chi connectivity index (χ0v) is 19.7. The molecule has 7 nitrogen and oxygen atoms in total. The van der Waals surface area contributed by atoms with Gasteiger partial charge in [-0.25, -0.2) is 18.1 Å². The number of benzene rings is 1. The molecule has 1 aromatic carbocycles. The Morgan fingerprint density at radius 1 is 1.00 bits per heavy atom. The van der Waals surface area contributed by atoms with Crippen LogP contribution >= 0.6 is 0 Å². The zero-order valence-electron chi connectivity index (χ0n) is 18.9. The van der Waals surface area contributed by atoms with Gasteiger partial charge >= 0.3 is 6.18 Å². The minimum Gasteiger partial charge on any atom is -0.291 e. The van der Waals surface area contributed by atoms with Crippen molar-refractivity contribution < 1.29 is 21.6 Å². The molecule has 3 aromatic heterocycles. The van der Waals surface area contributed by atoms with E-state index in [1.807, 2.05) is 6.07 Å². The number of aromatic nitrogens is 3. The van der Waals surface area contributed by atoms with Gasteiger partial charge in [-0.1, -0.05) is 18.2 Å². The number of fused-ring (bicyclic) bond motifs is 1. The monoisotopic (exact) mass is 499 g/mol. The van der Waals surface area contributed by atoms with Crippen LogP contribution in [-0.4, -0.2) is 28.5 Å². The van der Waals surface area contributed by atoms with Crippen LogP contribution in [-0.2, 0) is 16.2 Å². The van der Waals surface area contributed by atoms with Crippen LogP contribution in [0.4, 0.5) is 13.2 Å². The number of rotatable bonds is 4. The maximum absolute atomic E-state index is 13.4. The van der Waals surface area contributed by atoms with Crippen molar-refractivity contribution in [1.82, 2.24) is 19.3 Å². The van der Waals surface area contributed by atoms with E-state index in [4.69, 9.17) is 0 Å². The van der Waals surface area contributed by atoms with E-state index in [2.05, 4.69) is 14.7 Å². The van der Waals surface area contributed by atoms with Crippen LogP contribution < -0.4 is 4.72 Å². The van der Waals surface area contributed by atoms with Crippen molar-refractivity contribution in [3.8, 4) is 23.1 Å². The molecule has 0 bridgehead atoms. The lowest BCUT2D eigenvalue weighted by molar-refractivity contribution is -0.137. The highest BCUT2D eigenvalue weighted by Gasteiger charge is 2.33. The molecule has 0 aliphatic heterocycles. The smallest absolute Gasteiger partial charge is 0.291 e. The molecule has 0 unspecified atom stereocenters. The van der Waals surface area contributed by atoms with Gasteiger partial charge in [0.1, 0.15) is 16.6 Å². The lowest BCUT2D eigenvalue weighted by Gasteiger charge is -2.20. The van der Waals surface area contributed by atoms with E-state index in [9.17, 15) is 26.9 Å². The first-order chi connectivity index (χ1) is 16.3. The van der Waals surface area contributed by atoms with E-state index < -0.39 is 27.3 Å². The second-order valence-electron chi connectivity index (χ2n) is 8.83. The number of hydrogen-bond acceptors (Lipinski definition) is 5. The molecule has 3 heterocycles. The Hall–Kier alpha value is -3.75. The topological polar surface area (TPSA) is 101 Å². The van der Waals surface area contributed by atoms with Crippen LogP contribution in [0.2, 0.25) is 0 Å². The van der Waals surface area contributed by atoms with Gasteiger partial charge in [-0.2, -0.15) is 18.4 Å². The van der Waals surface area contributed by atoms with Crippen molar-refractivity contribution in [1.29, 1.82) is 5.26 Å². The summed E-state index contributed by atoms with van der Waals surface area (Å²) in [5, 5.41) is 9.95. The molecule has 4 aromatic rings. The summed E-state index contributed by atoms with van der Waals surface area (Å²) in [6.07, 6.45) is -2.78. The maximum Gasteiger partial charge on any atom is 0.417 e. The highest BCUT2D eigenvalue weighted by atomic mass is 32.2. The summed E-state index contributed by atoms with van der Waals surface area (Å²) in [5.41, 5.74) is -0.662. The van der Waals surface area contributed by atoms with Gasteiger partial charge in [-0.3, -0.25) is 9.55 Å². The number of alkyl halides is 3. The molecule has 0 amide bonds. The standard InChI is InChI=1S/C24H20F3N5O2S/c1-23(2,3)31-35(33,34)17-9-10-20(29-14-17)21-19(12-28)18-11-15(24(25,26)27)13-30-22(18)32(21)16-7-5-4-6-8-16/h4-11,13-14,31H,1-3H3. The largest absolute Gasteiger partial charge is 0.417 e. The first kappa shape index (κ1) is 24.4. The SMILES string of the molecule is CC(C)(C)NS(=O)(=O)c1ccc(-c2c(C#N)c3cc(C(F)(F)F)cnc3n2-c2ccccc2)nc1. The second kappa shape index (κ2) is 8.48. The van der Waals surface area contributed by atoms with Gasteiger partial charge in [0.25, 0.3) is 0 Å². The molecular weight excluding hydrogens is 479 g/mol. The van der Waals surface area contributed by atoms with Crippen molar-refractivity contribution in [2.24, 2.45) is 0 Å². The predicted octanol–water partition coefficient (Wildman–Crippen LogP) is 5.05. The van der Waals surface area contributed by atoms with Crippen molar-refractivity contribution in [3.05, 3.63) is 72.1 Å². The molecular formula is C24H20F3N5O2S. The predicted molar refractivity (Wildman–Crippen MR) is 124 cm³/mol. The average Bonchev–Trinajstić information content (AvgIpc) is 3.11. The summed E-state index contributed by atoms with van der Waals surface area (Å²) >= 11 is 0. The van der Waals surface area contributed by atoms with Crippen molar-refractivity contribution in [2.75, 3.05) is 0 Å². The molecule has 180 valence electrons. The fourth-order valence-corrected chi connectivity index (χ4v) is 5.01. The zero-order chi connectivity index (χ0) is 25.6. The Morgan fingerprint density at radius 2 is 1.69 bits per heavy atom. The van der Waals surface area contributed by atoms with Crippen molar-refractivity contribution >= 4 is 21.1 Å². The second-order valence-corrected chi connectivity index (χ2v) is 10.5. The molecule has 0 radical (unpaired) electrons. The fraction of sp³-hybridized carbons (Fsp3) is 0.208. The lowest BCUT2D eigenvalue weighted by atomic mass is 10.1. The Labute approximate surface area is 199 Å². The molecule has 1 N–H and O–H groups in total. The molecule has 35 heavy (non-hydrogen) atoms. The normalized spacial score (nSPS) is 12.6. The van der Waals surface area contributed by atoms with Gasteiger partial charge in [0, 0.05) is 29.0 Å². The van der Waals surface area contributed by atoms with Crippen molar-refractivity contribution in [2.45, 2.75) is 37.4 Å². The molecule has 0 atom stereocenters. The maximum atomic E-state index is 13.4.